The van der Waals surface area contributed by atoms with Crippen LogP contribution in [0.25, 0.3) is 0 Å². The lowest BCUT2D eigenvalue weighted by molar-refractivity contribution is 0.277. The van der Waals surface area contributed by atoms with Crippen LogP contribution in [0.2, 0.25) is 11.1 Å². The van der Waals surface area contributed by atoms with Gasteiger partial charge in [-0.05, 0) is 11.1 Å². The molecule has 1 aromatic rings. The summed E-state index contributed by atoms with van der Waals surface area (Å²) in [7, 11) is -3.08. The maximum absolute atomic E-state index is 13.5. The normalized spacial score (nSPS) is 12.4. The fourth-order valence-corrected chi connectivity index (χ4v) is 4.27. The van der Waals surface area contributed by atoms with Crippen molar-refractivity contribution in [3.05, 3.63) is 29.1 Å². The molecule has 8 heteroatoms. The van der Waals surface area contributed by atoms with Crippen LogP contribution >= 0.6 is 0 Å². The topological polar surface area (TPSA) is 29.5 Å². The number of benzene rings is 1. The monoisotopic (exact) mass is 328 g/mol. The molecule has 0 unspecified atom stereocenters. The SMILES string of the molecule is CC(C)[Si](O)(COc1c(F)c(F)c(F)c(F)c1F)C(C)C. The number of rotatable bonds is 5. The molecule has 1 N–H and O–H groups in total. The van der Waals surface area contributed by atoms with Crippen LogP contribution in [0.5, 0.6) is 5.75 Å². The van der Waals surface area contributed by atoms with Crippen LogP contribution in [0.3, 0.4) is 0 Å². The third-order valence-corrected chi connectivity index (χ3v) is 8.22. The van der Waals surface area contributed by atoms with E-state index in [0.29, 0.717) is 0 Å². The zero-order valence-electron chi connectivity index (χ0n) is 12.1. The van der Waals surface area contributed by atoms with Crippen LogP contribution in [0.1, 0.15) is 27.7 Å². The van der Waals surface area contributed by atoms with Gasteiger partial charge < -0.3 is 9.53 Å². The third-order valence-electron chi connectivity index (χ3n) is 3.62. The van der Waals surface area contributed by atoms with Crippen molar-refractivity contribution in [3.8, 4) is 5.75 Å². The summed E-state index contributed by atoms with van der Waals surface area (Å²) >= 11 is 0. The van der Waals surface area contributed by atoms with Crippen molar-refractivity contribution in [1.82, 2.24) is 0 Å². The van der Waals surface area contributed by atoms with Crippen LogP contribution in [0.15, 0.2) is 0 Å². The summed E-state index contributed by atoms with van der Waals surface area (Å²) in [6, 6.07) is 0. The number of halogens is 5. The van der Waals surface area contributed by atoms with Crippen molar-refractivity contribution in [2.24, 2.45) is 0 Å². The fourth-order valence-electron chi connectivity index (χ4n) is 1.90. The molecular formula is C13H17F5O2Si. The summed E-state index contributed by atoms with van der Waals surface area (Å²) in [4.78, 5) is 10.5. The summed E-state index contributed by atoms with van der Waals surface area (Å²) in [6.07, 6.45) is -0.458. The highest BCUT2D eigenvalue weighted by molar-refractivity contribution is 6.75. The smallest absolute Gasteiger partial charge is 0.231 e. The average Bonchev–Trinajstić information content (AvgIpc) is 2.42. The summed E-state index contributed by atoms with van der Waals surface area (Å²) in [6.45, 7) is 6.87. The van der Waals surface area contributed by atoms with Gasteiger partial charge in [-0.3, -0.25) is 0 Å². The third kappa shape index (κ3) is 3.21. The Bertz CT molecular complexity index is 497. The highest BCUT2D eigenvalue weighted by atomic mass is 28.4. The minimum Gasteiger partial charge on any atom is -0.488 e. The molecule has 0 saturated heterocycles. The van der Waals surface area contributed by atoms with E-state index >= 15 is 0 Å². The largest absolute Gasteiger partial charge is 0.488 e. The predicted octanol–water partition coefficient (Wildman–Crippen LogP) is 4.06. The first-order chi connectivity index (χ1) is 9.54. The number of ether oxygens (including phenoxy) is 1. The van der Waals surface area contributed by atoms with Gasteiger partial charge in [0.25, 0.3) is 0 Å². The van der Waals surface area contributed by atoms with E-state index < -0.39 is 49.4 Å². The van der Waals surface area contributed by atoms with Crippen molar-refractivity contribution >= 4 is 8.32 Å². The second-order valence-electron chi connectivity index (χ2n) is 5.49. The Balaban J connectivity index is 3.16. The summed E-state index contributed by atoms with van der Waals surface area (Å²) < 4.78 is 70.7. The minimum atomic E-state index is -3.08. The van der Waals surface area contributed by atoms with E-state index in [0.717, 1.165) is 0 Å². The van der Waals surface area contributed by atoms with E-state index in [2.05, 4.69) is 0 Å². The first-order valence-corrected chi connectivity index (χ1v) is 8.71. The van der Waals surface area contributed by atoms with E-state index in [9.17, 15) is 26.7 Å². The lowest BCUT2D eigenvalue weighted by atomic mass is 10.3. The van der Waals surface area contributed by atoms with Crippen molar-refractivity contribution in [2.45, 2.75) is 38.8 Å². The Morgan fingerprint density at radius 3 is 1.48 bits per heavy atom. The van der Waals surface area contributed by atoms with Gasteiger partial charge in [0.1, 0.15) is 6.23 Å². The van der Waals surface area contributed by atoms with Crippen LogP contribution in [0, 0.1) is 29.1 Å². The molecule has 0 bridgehead atoms. The standard InChI is InChI=1S/C13H17F5O2Si/c1-6(2)21(19,7(3)4)5-20-13-11(17)9(15)8(14)10(16)12(13)18/h6-7,19H,5H2,1-4H3. The van der Waals surface area contributed by atoms with Crippen LogP contribution < -0.4 is 4.74 Å². The van der Waals surface area contributed by atoms with E-state index in [1.807, 2.05) is 0 Å². The molecule has 120 valence electrons. The molecule has 2 nitrogen and oxygen atoms in total. The van der Waals surface area contributed by atoms with Crippen LogP contribution in [-0.2, 0) is 0 Å². The molecule has 0 aliphatic heterocycles. The zero-order chi connectivity index (χ0) is 16.5. The van der Waals surface area contributed by atoms with Crippen LogP contribution in [-0.4, -0.2) is 19.3 Å². The molecule has 0 radical (unpaired) electrons. The molecule has 0 amide bonds. The summed E-state index contributed by atoms with van der Waals surface area (Å²) in [5, 5.41) is 0. The molecule has 0 heterocycles. The van der Waals surface area contributed by atoms with E-state index in [-0.39, 0.29) is 11.1 Å². The van der Waals surface area contributed by atoms with Gasteiger partial charge >= 0.3 is 0 Å². The van der Waals surface area contributed by atoms with E-state index in [1.54, 1.807) is 27.7 Å². The lowest BCUT2D eigenvalue weighted by Crippen LogP contribution is -2.48. The van der Waals surface area contributed by atoms with Gasteiger partial charge in [-0.1, -0.05) is 27.7 Å². The quantitative estimate of drug-likeness (QED) is 0.382. The Morgan fingerprint density at radius 1 is 0.810 bits per heavy atom. The first kappa shape index (κ1) is 17.9. The Morgan fingerprint density at radius 2 is 1.14 bits per heavy atom. The number of hydrogen-bond donors (Lipinski definition) is 1. The average molecular weight is 328 g/mol. The molecule has 0 atom stereocenters. The van der Waals surface area contributed by atoms with Crippen molar-refractivity contribution in [3.63, 3.8) is 0 Å². The highest BCUT2D eigenvalue weighted by Gasteiger charge is 2.40. The molecule has 0 saturated carbocycles. The second-order valence-corrected chi connectivity index (χ2v) is 10.1. The molecule has 1 aromatic carbocycles. The molecule has 21 heavy (non-hydrogen) atoms. The Labute approximate surface area is 120 Å². The van der Waals surface area contributed by atoms with Crippen molar-refractivity contribution in [2.75, 3.05) is 6.23 Å². The zero-order valence-corrected chi connectivity index (χ0v) is 13.1. The number of hydrogen-bond acceptors (Lipinski definition) is 2. The van der Waals surface area contributed by atoms with Gasteiger partial charge in [-0.25, -0.2) is 13.2 Å². The summed E-state index contributed by atoms with van der Waals surface area (Å²) in [5.74, 6) is -11.8. The highest BCUT2D eigenvalue weighted by Crippen LogP contribution is 2.33. The minimum absolute atomic E-state index is 0.209. The molecule has 0 fully saturated rings. The van der Waals surface area contributed by atoms with Gasteiger partial charge in [0.2, 0.25) is 37.4 Å². The van der Waals surface area contributed by atoms with Gasteiger partial charge in [-0.15, -0.1) is 0 Å². The lowest BCUT2D eigenvalue weighted by Gasteiger charge is -2.32. The first-order valence-electron chi connectivity index (χ1n) is 6.40. The van der Waals surface area contributed by atoms with Gasteiger partial charge in [0, 0.05) is 0 Å². The van der Waals surface area contributed by atoms with E-state index in [4.69, 9.17) is 4.74 Å². The van der Waals surface area contributed by atoms with Gasteiger partial charge in [-0.2, -0.15) is 8.78 Å². The van der Waals surface area contributed by atoms with Gasteiger partial charge in [0.05, 0.1) is 0 Å². The van der Waals surface area contributed by atoms with Crippen LogP contribution in [0.4, 0.5) is 22.0 Å². The molecule has 0 aromatic heterocycles. The second kappa shape index (κ2) is 6.31. The molecule has 1 rings (SSSR count). The molecule has 0 aliphatic rings. The van der Waals surface area contributed by atoms with Crippen molar-refractivity contribution < 1.29 is 31.5 Å². The Kier molecular flexibility index (Phi) is 5.38. The maximum atomic E-state index is 13.5. The van der Waals surface area contributed by atoms with Gasteiger partial charge in [0.15, 0.2) is 5.75 Å². The fraction of sp³-hybridized carbons (Fsp3) is 0.538. The molecule has 0 spiro atoms. The maximum Gasteiger partial charge on any atom is 0.231 e. The predicted molar refractivity (Wildman–Crippen MR) is 69.9 cm³/mol. The summed E-state index contributed by atoms with van der Waals surface area (Å²) in [5.41, 5.74) is -0.419. The van der Waals surface area contributed by atoms with E-state index in [1.165, 1.54) is 0 Å². The van der Waals surface area contributed by atoms with Crippen molar-refractivity contribution in [1.29, 1.82) is 0 Å². The Hall–Kier alpha value is -1.15. The molecular weight excluding hydrogens is 311 g/mol. The molecule has 0 aliphatic carbocycles.